The van der Waals surface area contributed by atoms with Crippen LogP contribution in [0.5, 0.6) is 0 Å². The molecule has 4 nitrogen and oxygen atoms in total. The number of aldehydes is 3. The smallest absolute Gasteiger partial charge is 0.155 e. The summed E-state index contributed by atoms with van der Waals surface area (Å²) in [6, 6.07) is 0. The van der Waals surface area contributed by atoms with E-state index in [1.54, 1.807) is 0 Å². The van der Waals surface area contributed by atoms with Crippen molar-refractivity contribution in [3.63, 3.8) is 0 Å². The molecule has 0 heterocycles. The van der Waals surface area contributed by atoms with Gasteiger partial charge < -0.3 is 5.11 Å². The van der Waals surface area contributed by atoms with Crippen LogP contribution in [0, 0.1) is 0 Å². The van der Waals surface area contributed by atoms with E-state index in [1.807, 2.05) is 0 Å². The van der Waals surface area contributed by atoms with E-state index in [0.717, 1.165) is 0 Å². The van der Waals surface area contributed by atoms with Crippen LogP contribution in [0.3, 0.4) is 0 Å². The van der Waals surface area contributed by atoms with Gasteiger partial charge in [-0.1, -0.05) is 6.08 Å². The van der Waals surface area contributed by atoms with Gasteiger partial charge in [0.05, 0.1) is 0 Å². The van der Waals surface area contributed by atoms with E-state index in [-0.39, 0.29) is 17.6 Å². The van der Waals surface area contributed by atoms with Crippen LogP contribution in [0.1, 0.15) is 6.42 Å². The molecule has 1 unspecified atom stereocenters. The second-order valence-corrected chi connectivity index (χ2v) is 2.84. The van der Waals surface area contributed by atoms with Crippen LogP contribution < -0.4 is 0 Å². The molecule has 0 aliphatic heterocycles. The highest BCUT2D eigenvalue weighted by Gasteiger charge is 2.28. The third-order valence-corrected chi connectivity index (χ3v) is 1.87. The van der Waals surface area contributed by atoms with E-state index in [2.05, 4.69) is 0 Å². The van der Waals surface area contributed by atoms with Gasteiger partial charge in [-0.2, -0.15) is 0 Å². The van der Waals surface area contributed by atoms with Crippen LogP contribution in [0.4, 0.5) is 0 Å². The molecule has 1 aliphatic rings. The molecule has 0 radical (unpaired) electrons. The van der Waals surface area contributed by atoms with Gasteiger partial charge in [0, 0.05) is 17.6 Å². The lowest BCUT2D eigenvalue weighted by Gasteiger charge is -2.21. The number of hydrogen-bond acceptors (Lipinski definition) is 4. The first-order valence-electron chi connectivity index (χ1n) is 3.66. The highest BCUT2D eigenvalue weighted by Crippen LogP contribution is 2.23. The fourth-order valence-corrected chi connectivity index (χ4v) is 1.11. The Morgan fingerprint density at radius 3 is 2.46 bits per heavy atom. The molecule has 0 amide bonds. The Balaban J connectivity index is 3.05. The summed E-state index contributed by atoms with van der Waals surface area (Å²) in [5.41, 5.74) is -1.28. The van der Waals surface area contributed by atoms with E-state index in [1.165, 1.54) is 12.2 Å². The normalized spacial score (nSPS) is 27.2. The van der Waals surface area contributed by atoms with Gasteiger partial charge in [-0.05, 0) is 6.08 Å². The van der Waals surface area contributed by atoms with Gasteiger partial charge >= 0.3 is 0 Å². The Kier molecular flexibility index (Phi) is 2.53. The van der Waals surface area contributed by atoms with Crippen molar-refractivity contribution in [3.8, 4) is 0 Å². The van der Waals surface area contributed by atoms with Gasteiger partial charge in [0.15, 0.2) is 6.29 Å². The van der Waals surface area contributed by atoms with Crippen molar-refractivity contribution < 1.29 is 19.5 Å². The maximum atomic E-state index is 10.5. The summed E-state index contributed by atoms with van der Waals surface area (Å²) < 4.78 is 0. The van der Waals surface area contributed by atoms with Gasteiger partial charge in [-0.3, -0.25) is 14.4 Å². The lowest BCUT2D eigenvalue weighted by molar-refractivity contribution is -0.120. The standard InChI is InChI=1S/C9H8O4/c10-4-7-1-2-9(13,6-12)3-8(7)5-11/h1-2,4-6,13H,3H2. The number of carbonyl (C=O) groups is 3. The summed E-state index contributed by atoms with van der Waals surface area (Å²) in [6.45, 7) is 0. The summed E-state index contributed by atoms with van der Waals surface area (Å²) in [7, 11) is 0. The predicted octanol–water partition coefficient (Wildman–Crippen LogP) is -0.429. The van der Waals surface area contributed by atoms with Crippen molar-refractivity contribution in [2.45, 2.75) is 12.0 Å². The number of allylic oxidation sites excluding steroid dienone is 2. The van der Waals surface area contributed by atoms with Crippen molar-refractivity contribution in [1.29, 1.82) is 0 Å². The van der Waals surface area contributed by atoms with Crippen LogP contribution in [-0.4, -0.2) is 29.6 Å². The van der Waals surface area contributed by atoms with E-state index < -0.39 is 5.60 Å². The first-order chi connectivity index (χ1) is 6.15. The molecular weight excluding hydrogens is 172 g/mol. The Morgan fingerprint density at radius 2 is 2.00 bits per heavy atom. The van der Waals surface area contributed by atoms with Gasteiger partial charge in [0.25, 0.3) is 0 Å². The van der Waals surface area contributed by atoms with Gasteiger partial charge in [-0.15, -0.1) is 0 Å². The Morgan fingerprint density at radius 1 is 1.31 bits per heavy atom. The van der Waals surface area contributed by atoms with Crippen LogP contribution in [0.25, 0.3) is 0 Å². The molecule has 68 valence electrons. The average molecular weight is 180 g/mol. The Labute approximate surface area is 74.6 Å². The quantitative estimate of drug-likeness (QED) is 0.598. The van der Waals surface area contributed by atoms with Crippen LogP contribution in [0.15, 0.2) is 23.3 Å². The van der Waals surface area contributed by atoms with Crippen LogP contribution >= 0.6 is 0 Å². The molecular formula is C9H8O4. The molecule has 0 saturated heterocycles. The minimum absolute atomic E-state index is 0.134. The fraction of sp³-hybridized carbons (Fsp3) is 0.222. The molecule has 0 fully saturated rings. The molecule has 0 saturated carbocycles. The van der Waals surface area contributed by atoms with Crippen LogP contribution in [-0.2, 0) is 14.4 Å². The summed E-state index contributed by atoms with van der Waals surface area (Å²) in [6.07, 6.45) is 3.68. The van der Waals surface area contributed by atoms with Crippen molar-refractivity contribution in [2.24, 2.45) is 0 Å². The maximum Gasteiger partial charge on any atom is 0.155 e. The molecule has 1 atom stereocenters. The minimum atomic E-state index is -1.64. The molecule has 0 spiro atoms. The fourth-order valence-electron chi connectivity index (χ4n) is 1.11. The lowest BCUT2D eigenvalue weighted by Crippen LogP contribution is -2.31. The second kappa shape index (κ2) is 3.45. The molecule has 0 aromatic heterocycles. The van der Waals surface area contributed by atoms with Crippen molar-refractivity contribution in [1.82, 2.24) is 0 Å². The molecule has 13 heavy (non-hydrogen) atoms. The predicted molar refractivity (Wildman–Crippen MR) is 43.9 cm³/mol. The molecule has 1 N–H and O–H groups in total. The SMILES string of the molecule is O=CC1=C(C=O)CC(O)(C=O)C=C1. The number of hydrogen-bond donors (Lipinski definition) is 1. The van der Waals surface area contributed by atoms with Gasteiger partial charge in [0.1, 0.15) is 18.2 Å². The van der Waals surface area contributed by atoms with Crippen molar-refractivity contribution in [2.75, 3.05) is 0 Å². The molecule has 1 rings (SSSR count). The second-order valence-electron chi connectivity index (χ2n) is 2.84. The number of aliphatic hydroxyl groups is 1. The third-order valence-electron chi connectivity index (χ3n) is 1.87. The largest absolute Gasteiger partial charge is 0.378 e. The highest BCUT2D eigenvalue weighted by molar-refractivity contribution is 5.92. The minimum Gasteiger partial charge on any atom is -0.378 e. The first kappa shape index (κ1) is 9.54. The molecule has 0 aromatic rings. The topological polar surface area (TPSA) is 71.4 Å². The van der Waals surface area contributed by atoms with E-state index in [4.69, 9.17) is 0 Å². The summed E-state index contributed by atoms with van der Waals surface area (Å²) >= 11 is 0. The van der Waals surface area contributed by atoms with E-state index >= 15 is 0 Å². The molecule has 1 aliphatic carbocycles. The number of carbonyl (C=O) groups excluding carboxylic acids is 3. The average Bonchev–Trinajstić information content (AvgIpc) is 2.18. The van der Waals surface area contributed by atoms with Crippen molar-refractivity contribution in [3.05, 3.63) is 23.3 Å². The van der Waals surface area contributed by atoms with Gasteiger partial charge in [-0.25, -0.2) is 0 Å². The third kappa shape index (κ3) is 1.78. The van der Waals surface area contributed by atoms with Crippen molar-refractivity contribution >= 4 is 18.9 Å². The van der Waals surface area contributed by atoms with E-state index in [9.17, 15) is 19.5 Å². The molecule has 4 heteroatoms. The summed E-state index contributed by atoms with van der Waals surface area (Å²) in [4.78, 5) is 31.3. The summed E-state index contributed by atoms with van der Waals surface area (Å²) in [5.74, 6) is 0. The zero-order valence-corrected chi connectivity index (χ0v) is 6.77. The first-order valence-corrected chi connectivity index (χ1v) is 3.66. The highest BCUT2D eigenvalue weighted by atomic mass is 16.3. The lowest BCUT2D eigenvalue weighted by atomic mass is 9.88. The monoisotopic (exact) mass is 180 g/mol. The Hall–Kier alpha value is -1.55. The van der Waals surface area contributed by atoms with Gasteiger partial charge in [0.2, 0.25) is 0 Å². The van der Waals surface area contributed by atoms with Crippen LogP contribution in [0.2, 0.25) is 0 Å². The summed E-state index contributed by atoms with van der Waals surface area (Å²) in [5, 5.41) is 9.43. The maximum absolute atomic E-state index is 10.5. The number of rotatable bonds is 3. The molecule has 0 aromatic carbocycles. The zero-order chi connectivity index (χ0) is 9.90. The Bertz CT molecular complexity index is 314. The molecule has 0 bridgehead atoms. The van der Waals surface area contributed by atoms with E-state index in [0.29, 0.717) is 18.9 Å². The zero-order valence-electron chi connectivity index (χ0n) is 6.77.